The number of rotatable bonds is 3. The van der Waals surface area contributed by atoms with Gasteiger partial charge in [-0.05, 0) is 51.1 Å². The maximum Gasteiger partial charge on any atom is 0.257 e. The van der Waals surface area contributed by atoms with Crippen molar-refractivity contribution in [1.82, 2.24) is 10.2 Å². The van der Waals surface area contributed by atoms with Gasteiger partial charge in [0.05, 0.1) is 5.56 Å². The molecule has 0 aromatic heterocycles. The second kappa shape index (κ2) is 6.35. The highest BCUT2D eigenvalue weighted by Crippen LogP contribution is 2.19. The van der Waals surface area contributed by atoms with Crippen molar-refractivity contribution in [3.63, 3.8) is 0 Å². The Kier molecular flexibility index (Phi) is 4.77. The summed E-state index contributed by atoms with van der Waals surface area (Å²) in [5.41, 5.74) is 0.102. The molecule has 0 aliphatic carbocycles. The number of piperidine rings is 1. The van der Waals surface area contributed by atoms with Gasteiger partial charge in [-0.25, -0.2) is 4.39 Å². The third-order valence-electron chi connectivity index (χ3n) is 3.51. The first-order valence-electron chi connectivity index (χ1n) is 6.60. The summed E-state index contributed by atoms with van der Waals surface area (Å²) in [6, 6.07) is 4.39. The molecule has 0 unspecified atom stereocenters. The van der Waals surface area contributed by atoms with Crippen LogP contribution < -0.4 is 5.32 Å². The number of nitrogens with zero attached hydrogens (tertiary/aromatic N) is 1. The lowest BCUT2D eigenvalue weighted by Gasteiger charge is -2.34. The monoisotopic (exact) mass is 284 g/mol. The molecule has 0 bridgehead atoms. The van der Waals surface area contributed by atoms with Crippen LogP contribution in [0.3, 0.4) is 0 Å². The number of nitrogens with one attached hydrogen (secondary N) is 1. The Labute approximate surface area is 117 Å². The van der Waals surface area contributed by atoms with Crippen molar-refractivity contribution in [2.45, 2.75) is 25.8 Å². The minimum absolute atomic E-state index is 0.102. The molecule has 0 saturated carbocycles. The fourth-order valence-electron chi connectivity index (χ4n) is 2.50. The molecule has 0 radical (unpaired) electrons. The summed E-state index contributed by atoms with van der Waals surface area (Å²) in [5.74, 6) is -0.798. The van der Waals surface area contributed by atoms with E-state index in [0.29, 0.717) is 11.6 Å². The number of benzene rings is 1. The van der Waals surface area contributed by atoms with E-state index in [1.165, 1.54) is 12.1 Å². The lowest BCUT2D eigenvalue weighted by Crippen LogP contribution is -2.46. The van der Waals surface area contributed by atoms with E-state index < -0.39 is 5.82 Å². The molecule has 1 heterocycles. The smallest absolute Gasteiger partial charge is 0.257 e. The van der Waals surface area contributed by atoms with Gasteiger partial charge in [0.1, 0.15) is 5.82 Å². The molecule has 1 fully saturated rings. The van der Waals surface area contributed by atoms with E-state index >= 15 is 0 Å². The van der Waals surface area contributed by atoms with E-state index in [2.05, 4.69) is 5.32 Å². The van der Waals surface area contributed by atoms with Crippen molar-refractivity contribution < 1.29 is 9.18 Å². The zero-order valence-electron chi connectivity index (χ0n) is 11.0. The van der Waals surface area contributed by atoms with Crippen LogP contribution in [0.25, 0.3) is 0 Å². The van der Waals surface area contributed by atoms with Gasteiger partial charge in [-0.1, -0.05) is 11.6 Å². The van der Waals surface area contributed by atoms with Crippen LogP contribution in [-0.4, -0.2) is 36.5 Å². The van der Waals surface area contributed by atoms with Crippen molar-refractivity contribution in [1.29, 1.82) is 0 Å². The maximum atomic E-state index is 13.8. The Balaban J connectivity index is 2.19. The van der Waals surface area contributed by atoms with E-state index in [1.807, 2.05) is 6.92 Å². The van der Waals surface area contributed by atoms with Crippen LogP contribution in [0, 0.1) is 5.82 Å². The molecule has 5 heteroatoms. The molecule has 0 spiro atoms. The normalized spacial score (nSPS) is 16.4. The van der Waals surface area contributed by atoms with Crippen LogP contribution in [0.2, 0.25) is 5.02 Å². The van der Waals surface area contributed by atoms with Gasteiger partial charge in [0.25, 0.3) is 5.91 Å². The van der Waals surface area contributed by atoms with E-state index in [0.717, 1.165) is 25.9 Å². The third-order valence-corrected chi connectivity index (χ3v) is 3.75. The van der Waals surface area contributed by atoms with E-state index in [9.17, 15) is 9.18 Å². The van der Waals surface area contributed by atoms with Crippen LogP contribution in [-0.2, 0) is 0 Å². The molecule has 1 aromatic rings. The van der Waals surface area contributed by atoms with Crippen LogP contribution in [0.4, 0.5) is 4.39 Å². The van der Waals surface area contributed by atoms with E-state index in [1.54, 1.807) is 11.0 Å². The SMILES string of the molecule is CCN(C(=O)c1ccc(Cl)cc1F)C1CCNCC1. The summed E-state index contributed by atoms with van der Waals surface area (Å²) in [6.45, 7) is 4.31. The zero-order chi connectivity index (χ0) is 13.8. The first-order valence-corrected chi connectivity index (χ1v) is 6.98. The van der Waals surface area contributed by atoms with Gasteiger partial charge in [-0.2, -0.15) is 0 Å². The predicted molar refractivity (Wildman–Crippen MR) is 74.0 cm³/mol. The fraction of sp³-hybridized carbons (Fsp3) is 0.500. The molecule has 0 atom stereocenters. The number of carbonyl (C=O) groups is 1. The Morgan fingerprint density at radius 1 is 1.47 bits per heavy atom. The predicted octanol–water partition coefficient (Wildman–Crippen LogP) is 2.69. The van der Waals surface area contributed by atoms with Crippen LogP contribution in [0.1, 0.15) is 30.1 Å². The highest BCUT2D eigenvalue weighted by molar-refractivity contribution is 6.30. The van der Waals surface area contributed by atoms with Gasteiger partial charge in [0, 0.05) is 17.6 Å². The van der Waals surface area contributed by atoms with Crippen molar-refractivity contribution in [3.8, 4) is 0 Å². The van der Waals surface area contributed by atoms with Crippen molar-refractivity contribution in [2.75, 3.05) is 19.6 Å². The largest absolute Gasteiger partial charge is 0.336 e. The average molecular weight is 285 g/mol. The third kappa shape index (κ3) is 3.25. The summed E-state index contributed by atoms with van der Waals surface area (Å²) < 4.78 is 13.8. The first-order chi connectivity index (χ1) is 9.13. The first kappa shape index (κ1) is 14.3. The van der Waals surface area contributed by atoms with Gasteiger partial charge >= 0.3 is 0 Å². The van der Waals surface area contributed by atoms with Crippen molar-refractivity contribution in [3.05, 3.63) is 34.6 Å². The van der Waals surface area contributed by atoms with Crippen molar-refractivity contribution >= 4 is 17.5 Å². The van der Waals surface area contributed by atoms with E-state index in [4.69, 9.17) is 11.6 Å². The number of hydrogen-bond acceptors (Lipinski definition) is 2. The Bertz CT molecular complexity index is 461. The molecule has 1 aliphatic rings. The minimum Gasteiger partial charge on any atom is -0.336 e. The number of carbonyl (C=O) groups excluding carboxylic acids is 1. The van der Waals surface area contributed by atoms with Crippen LogP contribution >= 0.6 is 11.6 Å². The van der Waals surface area contributed by atoms with Gasteiger partial charge in [0.2, 0.25) is 0 Å². The molecular weight excluding hydrogens is 267 g/mol. The Hall–Kier alpha value is -1.13. The second-order valence-corrected chi connectivity index (χ2v) is 5.13. The molecule has 1 N–H and O–H groups in total. The van der Waals surface area contributed by atoms with E-state index in [-0.39, 0.29) is 17.5 Å². The summed E-state index contributed by atoms with van der Waals surface area (Å²) >= 11 is 5.71. The molecule has 3 nitrogen and oxygen atoms in total. The lowest BCUT2D eigenvalue weighted by atomic mass is 10.0. The van der Waals surface area contributed by atoms with Crippen LogP contribution in [0.15, 0.2) is 18.2 Å². The molecule has 2 rings (SSSR count). The summed E-state index contributed by atoms with van der Waals surface area (Å²) in [7, 11) is 0. The number of halogens is 2. The molecule has 1 aliphatic heterocycles. The lowest BCUT2D eigenvalue weighted by molar-refractivity contribution is 0.0651. The fourth-order valence-corrected chi connectivity index (χ4v) is 2.66. The zero-order valence-corrected chi connectivity index (χ0v) is 11.7. The number of amides is 1. The highest BCUT2D eigenvalue weighted by atomic mass is 35.5. The van der Waals surface area contributed by atoms with Crippen LogP contribution in [0.5, 0.6) is 0 Å². The molecular formula is C14H18ClFN2O. The standard InChI is InChI=1S/C14H18ClFN2O/c1-2-18(11-5-7-17-8-6-11)14(19)12-4-3-10(15)9-13(12)16/h3-4,9,11,17H,2,5-8H2,1H3. The van der Waals surface area contributed by atoms with Gasteiger partial charge in [-0.3, -0.25) is 4.79 Å². The summed E-state index contributed by atoms with van der Waals surface area (Å²) in [6.07, 6.45) is 1.82. The highest BCUT2D eigenvalue weighted by Gasteiger charge is 2.26. The van der Waals surface area contributed by atoms with Gasteiger partial charge in [0.15, 0.2) is 0 Å². The summed E-state index contributed by atoms with van der Waals surface area (Å²) in [5, 5.41) is 3.57. The van der Waals surface area contributed by atoms with Gasteiger partial charge in [-0.15, -0.1) is 0 Å². The molecule has 19 heavy (non-hydrogen) atoms. The Morgan fingerprint density at radius 2 is 2.16 bits per heavy atom. The molecule has 1 saturated heterocycles. The Morgan fingerprint density at radius 3 is 2.74 bits per heavy atom. The number of hydrogen-bond donors (Lipinski definition) is 1. The molecule has 104 valence electrons. The van der Waals surface area contributed by atoms with Gasteiger partial charge < -0.3 is 10.2 Å². The topological polar surface area (TPSA) is 32.3 Å². The van der Waals surface area contributed by atoms with Crippen molar-refractivity contribution in [2.24, 2.45) is 0 Å². The quantitative estimate of drug-likeness (QED) is 0.926. The minimum atomic E-state index is -0.551. The average Bonchev–Trinajstić information content (AvgIpc) is 2.40. The summed E-state index contributed by atoms with van der Waals surface area (Å²) in [4.78, 5) is 14.2. The molecule has 1 aromatic carbocycles. The molecule has 1 amide bonds. The maximum absolute atomic E-state index is 13.8. The second-order valence-electron chi connectivity index (χ2n) is 4.70.